The molecular weight excluding hydrogens is 336 g/mol. The van der Waals surface area contributed by atoms with Crippen LogP contribution in [0.1, 0.15) is 48.9 Å². The van der Waals surface area contributed by atoms with Gasteiger partial charge in [-0.15, -0.1) is 0 Å². The van der Waals surface area contributed by atoms with Crippen molar-refractivity contribution in [2.45, 2.75) is 43.4 Å². The SMILES string of the molecule is CS(=O)c1ccc(C(=O)OCC(=O)C23CC4CC(CC(C4)C2)C3)cc1. The lowest BCUT2D eigenvalue weighted by molar-refractivity contribution is -0.147. The summed E-state index contributed by atoms with van der Waals surface area (Å²) in [7, 11) is -1.07. The molecule has 4 bridgehead atoms. The fourth-order valence-electron chi connectivity index (χ4n) is 5.60. The minimum absolute atomic E-state index is 0.117. The van der Waals surface area contributed by atoms with Crippen molar-refractivity contribution in [2.24, 2.45) is 23.2 Å². The summed E-state index contributed by atoms with van der Waals surface area (Å²) in [5.74, 6) is 1.74. The van der Waals surface area contributed by atoms with Gasteiger partial charge in [-0.2, -0.15) is 0 Å². The third-order valence-electron chi connectivity index (χ3n) is 6.39. The van der Waals surface area contributed by atoms with Crippen LogP contribution >= 0.6 is 0 Å². The molecule has 5 heteroatoms. The van der Waals surface area contributed by atoms with Crippen LogP contribution in [0.5, 0.6) is 0 Å². The Balaban J connectivity index is 1.38. The van der Waals surface area contributed by atoms with Crippen molar-refractivity contribution in [3.05, 3.63) is 29.8 Å². The van der Waals surface area contributed by atoms with Gasteiger partial charge in [0.25, 0.3) is 0 Å². The first-order chi connectivity index (χ1) is 11.9. The lowest BCUT2D eigenvalue weighted by atomic mass is 9.48. The highest BCUT2D eigenvalue weighted by molar-refractivity contribution is 7.84. The molecule has 25 heavy (non-hydrogen) atoms. The van der Waals surface area contributed by atoms with Gasteiger partial charge in [0, 0.05) is 27.4 Å². The summed E-state index contributed by atoms with van der Waals surface area (Å²) in [5, 5.41) is 0. The molecule has 4 fully saturated rings. The van der Waals surface area contributed by atoms with E-state index in [4.69, 9.17) is 4.74 Å². The first kappa shape index (κ1) is 17.0. The predicted molar refractivity (Wildman–Crippen MR) is 94.7 cm³/mol. The van der Waals surface area contributed by atoms with Gasteiger partial charge in [0.05, 0.1) is 5.56 Å². The van der Waals surface area contributed by atoms with Crippen molar-refractivity contribution in [3.63, 3.8) is 0 Å². The molecule has 0 radical (unpaired) electrons. The molecule has 1 atom stereocenters. The van der Waals surface area contributed by atoms with E-state index < -0.39 is 16.8 Å². The molecular formula is C20H24O4S. The zero-order valence-electron chi connectivity index (χ0n) is 14.5. The van der Waals surface area contributed by atoms with Crippen LogP contribution in [0.15, 0.2) is 29.2 Å². The van der Waals surface area contributed by atoms with Gasteiger partial charge in [0.15, 0.2) is 12.4 Å². The lowest BCUT2D eigenvalue weighted by Gasteiger charge is -2.55. The summed E-state index contributed by atoms with van der Waals surface area (Å²) in [4.78, 5) is 25.7. The van der Waals surface area contributed by atoms with E-state index in [2.05, 4.69) is 0 Å². The van der Waals surface area contributed by atoms with E-state index in [-0.39, 0.29) is 17.8 Å². The van der Waals surface area contributed by atoms with Crippen molar-refractivity contribution in [3.8, 4) is 0 Å². The minimum Gasteiger partial charge on any atom is -0.454 e. The van der Waals surface area contributed by atoms with Crippen LogP contribution < -0.4 is 0 Å². The average Bonchev–Trinajstić information content (AvgIpc) is 2.58. The summed E-state index contributed by atoms with van der Waals surface area (Å²) >= 11 is 0. The Hall–Kier alpha value is -1.49. The molecule has 0 saturated heterocycles. The number of esters is 1. The van der Waals surface area contributed by atoms with Crippen molar-refractivity contribution < 1.29 is 18.5 Å². The Bertz CT molecular complexity index is 686. The molecule has 0 heterocycles. The van der Waals surface area contributed by atoms with E-state index in [1.807, 2.05) is 0 Å². The van der Waals surface area contributed by atoms with Crippen molar-refractivity contribution >= 4 is 22.6 Å². The lowest BCUT2D eigenvalue weighted by Crippen LogP contribution is -2.51. The zero-order chi connectivity index (χ0) is 17.6. The molecule has 1 aromatic carbocycles. The first-order valence-corrected chi connectivity index (χ1v) is 10.6. The van der Waals surface area contributed by atoms with Crippen molar-refractivity contribution in [1.82, 2.24) is 0 Å². The normalized spacial score (nSPS) is 33.9. The van der Waals surface area contributed by atoms with Crippen LogP contribution in [0.25, 0.3) is 0 Å². The molecule has 4 nitrogen and oxygen atoms in total. The third kappa shape index (κ3) is 3.19. The van der Waals surface area contributed by atoms with Crippen LogP contribution in [0, 0.1) is 23.2 Å². The molecule has 0 amide bonds. The molecule has 4 aliphatic rings. The highest BCUT2D eigenvalue weighted by Gasteiger charge is 2.54. The maximum atomic E-state index is 12.9. The molecule has 1 unspecified atom stereocenters. The second-order valence-corrected chi connectivity index (χ2v) is 9.56. The topological polar surface area (TPSA) is 60.4 Å². The highest BCUT2D eigenvalue weighted by Crippen LogP contribution is 2.60. The first-order valence-electron chi connectivity index (χ1n) is 9.09. The number of rotatable bonds is 5. The predicted octanol–water partition coefficient (Wildman–Crippen LogP) is 3.37. The monoisotopic (exact) mass is 360 g/mol. The van der Waals surface area contributed by atoms with E-state index in [9.17, 15) is 13.8 Å². The van der Waals surface area contributed by atoms with E-state index >= 15 is 0 Å². The molecule has 0 N–H and O–H groups in total. The quantitative estimate of drug-likeness (QED) is 0.756. The largest absolute Gasteiger partial charge is 0.454 e. The fourth-order valence-corrected chi connectivity index (χ4v) is 6.12. The van der Waals surface area contributed by atoms with Crippen molar-refractivity contribution in [1.29, 1.82) is 0 Å². The molecule has 134 valence electrons. The fraction of sp³-hybridized carbons (Fsp3) is 0.600. The van der Waals surface area contributed by atoms with Crippen LogP contribution in [0.3, 0.4) is 0 Å². The van der Waals surface area contributed by atoms with E-state index in [1.54, 1.807) is 30.5 Å². The Morgan fingerprint density at radius 1 is 1.04 bits per heavy atom. The number of ether oxygens (including phenoxy) is 1. The van der Waals surface area contributed by atoms with Gasteiger partial charge >= 0.3 is 5.97 Å². The van der Waals surface area contributed by atoms with E-state index in [1.165, 1.54) is 19.3 Å². The Morgan fingerprint density at radius 3 is 2.04 bits per heavy atom. The van der Waals surface area contributed by atoms with Gasteiger partial charge in [-0.3, -0.25) is 9.00 Å². The Morgan fingerprint density at radius 2 is 1.56 bits per heavy atom. The number of hydrogen-bond donors (Lipinski definition) is 0. The number of hydrogen-bond acceptors (Lipinski definition) is 4. The second-order valence-electron chi connectivity index (χ2n) is 8.18. The smallest absolute Gasteiger partial charge is 0.338 e. The summed E-state index contributed by atoms with van der Waals surface area (Å²) in [6.45, 7) is -0.119. The van der Waals surface area contributed by atoms with Gasteiger partial charge in [-0.05, 0) is 80.5 Å². The summed E-state index contributed by atoms with van der Waals surface area (Å²) in [6.07, 6.45) is 8.44. The molecule has 0 spiro atoms. The van der Waals surface area contributed by atoms with Gasteiger partial charge in [-0.1, -0.05) is 0 Å². The molecule has 4 saturated carbocycles. The maximum Gasteiger partial charge on any atom is 0.338 e. The molecule has 0 aromatic heterocycles. The van der Waals surface area contributed by atoms with Crippen LogP contribution in [-0.4, -0.2) is 28.8 Å². The Labute approximate surface area is 150 Å². The van der Waals surface area contributed by atoms with Gasteiger partial charge in [0.1, 0.15) is 0 Å². The van der Waals surface area contributed by atoms with Crippen molar-refractivity contribution in [2.75, 3.05) is 12.9 Å². The van der Waals surface area contributed by atoms with Gasteiger partial charge < -0.3 is 4.74 Å². The standard InChI is InChI=1S/C20H24O4S/c1-25(23)17-4-2-16(3-5-17)19(22)24-12-18(21)20-9-13-6-14(10-20)8-15(7-13)11-20/h2-5,13-15H,6-12H2,1H3. The average molecular weight is 360 g/mol. The third-order valence-corrected chi connectivity index (χ3v) is 7.32. The number of carbonyl (C=O) groups excluding carboxylic acids is 2. The zero-order valence-corrected chi connectivity index (χ0v) is 15.3. The number of carbonyl (C=O) groups is 2. The van der Waals surface area contributed by atoms with Gasteiger partial charge in [0.2, 0.25) is 0 Å². The summed E-state index contributed by atoms with van der Waals surface area (Å²) < 4.78 is 16.7. The molecule has 1 aromatic rings. The number of ketones is 1. The van der Waals surface area contributed by atoms with E-state index in [0.29, 0.717) is 28.2 Å². The van der Waals surface area contributed by atoms with Crippen LogP contribution in [0.2, 0.25) is 0 Å². The molecule has 4 aliphatic carbocycles. The highest BCUT2D eigenvalue weighted by atomic mass is 32.2. The Kier molecular flexibility index (Phi) is 4.30. The summed E-state index contributed by atoms with van der Waals surface area (Å²) in [6, 6.07) is 6.53. The molecule has 5 rings (SSSR count). The maximum absolute atomic E-state index is 12.9. The molecule has 0 aliphatic heterocycles. The summed E-state index contributed by atoms with van der Waals surface area (Å²) in [5.41, 5.74) is 0.172. The number of Topliss-reactive ketones (excluding diaryl/α,β-unsaturated/α-hetero) is 1. The second kappa shape index (κ2) is 6.35. The van der Waals surface area contributed by atoms with Crippen LogP contribution in [-0.2, 0) is 20.3 Å². The van der Waals surface area contributed by atoms with Gasteiger partial charge in [-0.25, -0.2) is 4.79 Å². The van der Waals surface area contributed by atoms with E-state index in [0.717, 1.165) is 19.3 Å². The number of benzene rings is 1. The van der Waals surface area contributed by atoms with Crippen LogP contribution in [0.4, 0.5) is 0 Å². The minimum atomic E-state index is -1.07.